The number of piperazine rings is 1. The second-order valence-electron chi connectivity index (χ2n) is 10.7. The first-order valence-corrected chi connectivity index (χ1v) is 12.6. The van der Waals surface area contributed by atoms with Gasteiger partial charge in [0.1, 0.15) is 5.60 Å². The van der Waals surface area contributed by atoms with Crippen molar-refractivity contribution in [3.63, 3.8) is 0 Å². The quantitative estimate of drug-likeness (QED) is 0.597. The lowest BCUT2D eigenvalue weighted by atomic mass is 9.94. The number of hydrogen-bond donors (Lipinski definition) is 1. The van der Waals surface area contributed by atoms with Crippen molar-refractivity contribution < 1.29 is 14.3 Å². The lowest BCUT2D eigenvalue weighted by molar-refractivity contribution is -0.132. The van der Waals surface area contributed by atoms with Crippen molar-refractivity contribution in [2.75, 3.05) is 44.2 Å². The van der Waals surface area contributed by atoms with Gasteiger partial charge >= 0.3 is 6.09 Å². The molecule has 1 atom stereocenters. The van der Waals surface area contributed by atoms with Crippen LogP contribution in [0.2, 0.25) is 0 Å². The Labute approximate surface area is 207 Å². The van der Waals surface area contributed by atoms with Crippen LogP contribution in [0.5, 0.6) is 0 Å². The zero-order chi connectivity index (χ0) is 25.1. The molecule has 3 aliphatic heterocycles. The second-order valence-corrected chi connectivity index (χ2v) is 10.7. The van der Waals surface area contributed by atoms with E-state index in [1.807, 2.05) is 25.7 Å². The van der Waals surface area contributed by atoms with Gasteiger partial charge in [0.05, 0.1) is 0 Å². The second kappa shape index (κ2) is 10.3. The molecule has 1 aromatic rings. The highest BCUT2D eigenvalue weighted by atomic mass is 16.6. The molecule has 0 spiro atoms. The van der Waals surface area contributed by atoms with Gasteiger partial charge in [-0.25, -0.2) is 4.79 Å². The summed E-state index contributed by atoms with van der Waals surface area (Å²) in [6, 6.07) is 2.10. The highest BCUT2D eigenvalue weighted by Gasteiger charge is 2.40. The molecule has 10 heteroatoms. The van der Waals surface area contributed by atoms with Crippen LogP contribution in [0.3, 0.4) is 0 Å². The Morgan fingerprint density at radius 2 is 1.91 bits per heavy atom. The van der Waals surface area contributed by atoms with E-state index in [-0.39, 0.29) is 17.9 Å². The third-order valence-electron chi connectivity index (χ3n) is 6.85. The Morgan fingerprint density at radius 3 is 2.57 bits per heavy atom. The number of terminal acetylenes is 1. The summed E-state index contributed by atoms with van der Waals surface area (Å²) in [4.78, 5) is 31.1. The Morgan fingerprint density at radius 1 is 1.17 bits per heavy atom. The summed E-state index contributed by atoms with van der Waals surface area (Å²) in [5.74, 6) is 3.91. The lowest BCUT2D eigenvalue weighted by Crippen LogP contribution is -2.50. The molecule has 4 rings (SSSR count). The van der Waals surface area contributed by atoms with Gasteiger partial charge in [-0.2, -0.15) is 15.3 Å². The van der Waals surface area contributed by atoms with Crippen LogP contribution in [-0.2, 0) is 9.53 Å². The van der Waals surface area contributed by atoms with Crippen molar-refractivity contribution in [3.8, 4) is 12.3 Å². The van der Waals surface area contributed by atoms with Crippen LogP contribution in [0.25, 0.3) is 0 Å². The minimum absolute atomic E-state index is 0.157. The van der Waals surface area contributed by atoms with Crippen LogP contribution in [0.4, 0.5) is 10.6 Å². The SMILES string of the molecule is C#CCCC1(CCC(=O)N2CCCC(c3cc(N4CCN(C(=O)OC(C)(C)C)CC4)n[nH]3)C2)N=N1. The number of piperidine rings is 1. The maximum atomic E-state index is 12.9. The number of aromatic amines is 1. The van der Waals surface area contributed by atoms with Gasteiger partial charge in [0.15, 0.2) is 11.5 Å². The Balaban J connectivity index is 1.26. The van der Waals surface area contributed by atoms with Gasteiger partial charge in [-0.1, -0.05) is 0 Å². The monoisotopic (exact) mass is 483 g/mol. The van der Waals surface area contributed by atoms with Gasteiger partial charge in [-0.15, -0.1) is 12.3 Å². The van der Waals surface area contributed by atoms with Gasteiger partial charge < -0.3 is 19.4 Å². The third-order valence-corrected chi connectivity index (χ3v) is 6.85. The van der Waals surface area contributed by atoms with E-state index in [0.29, 0.717) is 52.0 Å². The van der Waals surface area contributed by atoms with Gasteiger partial charge in [0.25, 0.3) is 0 Å². The maximum absolute atomic E-state index is 12.9. The average Bonchev–Trinajstić information content (AvgIpc) is 3.44. The molecule has 35 heavy (non-hydrogen) atoms. The fourth-order valence-corrected chi connectivity index (χ4v) is 4.73. The standard InChI is InChI=1S/C25H37N7O3/c1-5-6-10-25(28-29-25)11-9-22(33)32-12-7-8-19(18-32)20-17-21(27-26-20)30-13-15-31(16-14-30)23(34)35-24(2,3)4/h1,17,19H,6-16,18H2,2-4H3,(H,26,27). The molecule has 0 saturated carbocycles. The minimum Gasteiger partial charge on any atom is -0.444 e. The number of ether oxygens (including phenoxy) is 1. The number of H-pyrrole nitrogens is 1. The number of amides is 2. The topological polar surface area (TPSA) is 106 Å². The van der Waals surface area contributed by atoms with Crippen molar-refractivity contribution in [1.82, 2.24) is 20.0 Å². The molecular weight excluding hydrogens is 446 g/mol. The first-order chi connectivity index (χ1) is 16.7. The van der Waals surface area contributed by atoms with E-state index in [0.717, 1.165) is 37.3 Å². The zero-order valence-corrected chi connectivity index (χ0v) is 21.1. The fraction of sp³-hybridized carbons (Fsp3) is 0.720. The molecule has 4 heterocycles. The molecule has 190 valence electrons. The lowest BCUT2D eigenvalue weighted by Gasteiger charge is -2.35. The van der Waals surface area contributed by atoms with E-state index in [9.17, 15) is 9.59 Å². The largest absolute Gasteiger partial charge is 0.444 e. The number of hydrogen-bond acceptors (Lipinski definition) is 7. The summed E-state index contributed by atoms with van der Waals surface area (Å²) >= 11 is 0. The van der Waals surface area contributed by atoms with Gasteiger partial charge in [0.2, 0.25) is 5.91 Å². The van der Waals surface area contributed by atoms with Crippen molar-refractivity contribution in [2.24, 2.45) is 10.2 Å². The smallest absolute Gasteiger partial charge is 0.410 e. The number of rotatable bonds is 7. The zero-order valence-electron chi connectivity index (χ0n) is 21.1. The molecule has 0 aliphatic carbocycles. The molecule has 2 fully saturated rings. The van der Waals surface area contributed by atoms with Crippen molar-refractivity contribution in [3.05, 3.63) is 11.8 Å². The minimum atomic E-state index is -0.494. The van der Waals surface area contributed by atoms with Crippen LogP contribution >= 0.6 is 0 Å². The number of nitrogens with one attached hydrogen (secondary N) is 1. The Hall–Kier alpha value is -3.09. The summed E-state index contributed by atoms with van der Waals surface area (Å²) in [6.45, 7) is 9.72. The van der Waals surface area contributed by atoms with Gasteiger partial charge in [-0.05, 0) is 33.6 Å². The van der Waals surface area contributed by atoms with Gasteiger partial charge in [0, 0.05) is 82.6 Å². The molecule has 0 bridgehead atoms. The highest BCUT2D eigenvalue weighted by Crippen LogP contribution is 2.38. The van der Waals surface area contributed by atoms with E-state index < -0.39 is 11.3 Å². The summed E-state index contributed by atoms with van der Waals surface area (Å²) in [6.07, 6.45) is 9.52. The number of carbonyl (C=O) groups is 2. The van der Waals surface area contributed by atoms with Gasteiger partial charge in [-0.3, -0.25) is 9.89 Å². The molecule has 1 unspecified atom stereocenters. The first kappa shape index (κ1) is 25.0. The van der Waals surface area contributed by atoms with E-state index in [1.54, 1.807) is 4.90 Å². The molecular formula is C25H37N7O3. The van der Waals surface area contributed by atoms with Crippen LogP contribution in [0, 0.1) is 12.3 Å². The number of anilines is 1. The summed E-state index contributed by atoms with van der Waals surface area (Å²) < 4.78 is 5.48. The molecule has 3 aliphatic rings. The summed E-state index contributed by atoms with van der Waals surface area (Å²) in [5, 5.41) is 16.0. The molecule has 2 saturated heterocycles. The van der Waals surface area contributed by atoms with Crippen molar-refractivity contribution in [1.29, 1.82) is 0 Å². The molecule has 1 aromatic heterocycles. The molecule has 10 nitrogen and oxygen atoms in total. The van der Waals surface area contributed by atoms with E-state index >= 15 is 0 Å². The summed E-state index contributed by atoms with van der Waals surface area (Å²) in [7, 11) is 0. The number of likely N-dealkylation sites (tertiary alicyclic amines) is 1. The highest BCUT2D eigenvalue weighted by molar-refractivity contribution is 5.76. The molecule has 2 amide bonds. The van der Waals surface area contributed by atoms with Crippen LogP contribution < -0.4 is 4.90 Å². The fourth-order valence-electron chi connectivity index (χ4n) is 4.73. The third kappa shape index (κ3) is 6.53. The summed E-state index contributed by atoms with van der Waals surface area (Å²) in [5.41, 5.74) is 0.153. The van der Waals surface area contributed by atoms with Crippen LogP contribution in [-0.4, -0.2) is 82.5 Å². The predicted molar refractivity (Wildman–Crippen MR) is 132 cm³/mol. The average molecular weight is 484 g/mol. The van der Waals surface area contributed by atoms with E-state index in [4.69, 9.17) is 11.2 Å². The number of nitrogens with zero attached hydrogens (tertiary/aromatic N) is 6. The maximum Gasteiger partial charge on any atom is 0.410 e. The first-order valence-electron chi connectivity index (χ1n) is 12.6. The van der Waals surface area contributed by atoms with E-state index in [1.165, 1.54) is 0 Å². The van der Waals surface area contributed by atoms with Crippen LogP contribution in [0.15, 0.2) is 16.3 Å². The molecule has 1 N–H and O–H groups in total. The predicted octanol–water partition coefficient (Wildman–Crippen LogP) is 3.53. The normalized spacial score (nSPS) is 21.5. The Bertz CT molecular complexity index is 976. The Kier molecular flexibility index (Phi) is 7.33. The number of carbonyl (C=O) groups excluding carboxylic acids is 2. The molecule has 0 radical (unpaired) electrons. The molecule has 0 aromatic carbocycles. The van der Waals surface area contributed by atoms with Crippen LogP contribution in [0.1, 0.15) is 70.9 Å². The van der Waals surface area contributed by atoms with Crippen molar-refractivity contribution in [2.45, 2.75) is 76.5 Å². The van der Waals surface area contributed by atoms with E-state index in [2.05, 4.69) is 37.3 Å². The van der Waals surface area contributed by atoms with Crippen molar-refractivity contribution >= 4 is 17.8 Å². The number of aromatic nitrogens is 2.